The lowest BCUT2D eigenvalue weighted by atomic mass is 9.99. The number of amides is 1. The maximum Gasteiger partial charge on any atom is 0.339 e. The number of nitro benzene ring substituents is 1. The molecule has 1 heterocycles. The van der Waals surface area contributed by atoms with Crippen molar-refractivity contribution in [1.82, 2.24) is 5.32 Å². The van der Waals surface area contributed by atoms with E-state index in [0.717, 1.165) is 31.5 Å². The number of carbonyl (C=O) groups excluding carboxylic acids is 2. The molecule has 0 radical (unpaired) electrons. The van der Waals surface area contributed by atoms with Crippen LogP contribution in [0.25, 0.3) is 0 Å². The number of nitro groups is 1. The molecule has 3 rings (SSSR count). The van der Waals surface area contributed by atoms with Crippen LogP contribution in [0.2, 0.25) is 0 Å². The van der Waals surface area contributed by atoms with Crippen LogP contribution in [0.4, 0.5) is 11.4 Å². The van der Waals surface area contributed by atoms with E-state index in [-0.39, 0.29) is 11.3 Å². The molecular weight excluding hydrogens is 398 g/mol. The summed E-state index contributed by atoms with van der Waals surface area (Å²) in [6.45, 7) is 5.39. The molecule has 0 aromatic heterocycles. The SMILES string of the molecule is C[C@@H]1CCCN(c2ccc(C(=O)O[C@@H](C)C(=O)NCc3ccccc3)cc2[N+](=O)[O-])C1. The van der Waals surface area contributed by atoms with Crippen molar-refractivity contribution in [3.63, 3.8) is 0 Å². The molecule has 2 atom stereocenters. The molecule has 0 spiro atoms. The van der Waals surface area contributed by atoms with Gasteiger partial charge in [-0.05, 0) is 43.4 Å². The van der Waals surface area contributed by atoms with Crippen molar-refractivity contribution in [2.75, 3.05) is 18.0 Å². The van der Waals surface area contributed by atoms with Crippen molar-refractivity contribution in [3.8, 4) is 0 Å². The highest BCUT2D eigenvalue weighted by atomic mass is 16.6. The quantitative estimate of drug-likeness (QED) is 0.412. The number of benzene rings is 2. The molecule has 31 heavy (non-hydrogen) atoms. The molecule has 1 fully saturated rings. The minimum absolute atomic E-state index is 0.0446. The first-order chi connectivity index (χ1) is 14.8. The Bertz CT molecular complexity index is 947. The Balaban J connectivity index is 1.65. The maximum absolute atomic E-state index is 12.5. The summed E-state index contributed by atoms with van der Waals surface area (Å²) in [7, 11) is 0. The van der Waals surface area contributed by atoms with Gasteiger partial charge in [-0.3, -0.25) is 14.9 Å². The Morgan fingerprint density at radius 1 is 1.26 bits per heavy atom. The fourth-order valence-corrected chi connectivity index (χ4v) is 3.68. The number of nitrogens with one attached hydrogen (secondary N) is 1. The maximum atomic E-state index is 12.5. The van der Waals surface area contributed by atoms with Crippen molar-refractivity contribution >= 4 is 23.3 Å². The van der Waals surface area contributed by atoms with E-state index in [1.807, 2.05) is 35.2 Å². The van der Waals surface area contributed by atoms with Gasteiger partial charge in [0.05, 0.1) is 10.5 Å². The first-order valence-corrected chi connectivity index (χ1v) is 10.4. The summed E-state index contributed by atoms with van der Waals surface area (Å²) in [5.74, 6) is -0.761. The second-order valence-corrected chi connectivity index (χ2v) is 7.90. The smallest absolute Gasteiger partial charge is 0.339 e. The van der Waals surface area contributed by atoms with E-state index in [1.165, 1.54) is 19.1 Å². The summed E-state index contributed by atoms with van der Waals surface area (Å²) in [4.78, 5) is 37.9. The minimum atomic E-state index is -1.03. The summed E-state index contributed by atoms with van der Waals surface area (Å²) in [5.41, 5.74) is 1.34. The molecule has 1 N–H and O–H groups in total. The van der Waals surface area contributed by atoms with E-state index < -0.39 is 22.9 Å². The number of hydrogen-bond donors (Lipinski definition) is 1. The van der Waals surface area contributed by atoms with Crippen molar-refractivity contribution in [2.45, 2.75) is 39.3 Å². The zero-order valence-corrected chi connectivity index (χ0v) is 17.7. The van der Waals surface area contributed by atoms with Gasteiger partial charge in [0.25, 0.3) is 11.6 Å². The van der Waals surface area contributed by atoms with Crippen LogP contribution >= 0.6 is 0 Å². The van der Waals surface area contributed by atoms with Crippen LogP contribution < -0.4 is 10.2 Å². The van der Waals surface area contributed by atoms with Crippen molar-refractivity contribution in [3.05, 3.63) is 69.8 Å². The Hall–Kier alpha value is -3.42. The highest BCUT2D eigenvalue weighted by molar-refractivity contribution is 5.93. The average Bonchev–Trinajstić information content (AvgIpc) is 2.77. The highest BCUT2D eigenvalue weighted by Crippen LogP contribution is 2.32. The third-order valence-corrected chi connectivity index (χ3v) is 5.37. The van der Waals surface area contributed by atoms with E-state index >= 15 is 0 Å². The standard InChI is InChI=1S/C23H27N3O5/c1-16-7-6-12-25(15-16)20-11-10-19(13-21(20)26(29)30)23(28)31-17(2)22(27)24-14-18-8-4-3-5-9-18/h3-5,8-11,13,16-17H,6-7,12,14-15H2,1-2H3,(H,24,27)/t16-,17+/m1/s1. The van der Waals surface area contributed by atoms with Gasteiger partial charge in [-0.25, -0.2) is 4.79 Å². The van der Waals surface area contributed by atoms with Crippen LogP contribution in [0, 0.1) is 16.0 Å². The molecule has 0 unspecified atom stereocenters. The molecule has 2 aromatic rings. The second-order valence-electron chi connectivity index (χ2n) is 7.90. The van der Waals surface area contributed by atoms with Gasteiger partial charge in [0.1, 0.15) is 5.69 Å². The Labute approximate surface area is 181 Å². The van der Waals surface area contributed by atoms with E-state index in [4.69, 9.17) is 4.74 Å². The molecule has 1 aliphatic heterocycles. The number of hydrogen-bond acceptors (Lipinski definition) is 6. The third kappa shape index (κ3) is 5.81. The zero-order valence-electron chi connectivity index (χ0n) is 17.7. The van der Waals surface area contributed by atoms with Gasteiger partial charge in [0, 0.05) is 25.7 Å². The molecule has 2 aromatic carbocycles. The molecule has 0 bridgehead atoms. The Kier molecular flexibility index (Phi) is 7.23. The first-order valence-electron chi connectivity index (χ1n) is 10.4. The molecule has 0 saturated carbocycles. The molecular formula is C23H27N3O5. The minimum Gasteiger partial charge on any atom is -0.449 e. The summed E-state index contributed by atoms with van der Waals surface area (Å²) < 4.78 is 5.24. The summed E-state index contributed by atoms with van der Waals surface area (Å²) in [5, 5.41) is 14.3. The predicted molar refractivity (Wildman–Crippen MR) is 117 cm³/mol. The van der Waals surface area contributed by atoms with Crippen molar-refractivity contribution in [1.29, 1.82) is 0 Å². The van der Waals surface area contributed by atoms with Crippen molar-refractivity contribution < 1.29 is 19.2 Å². The number of ether oxygens (including phenoxy) is 1. The lowest BCUT2D eigenvalue weighted by Gasteiger charge is -2.32. The van der Waals surface area contributed by atoms with Gasteiger partial charge in [0.15, 0.2) is 6.10 Å². The Morgan fingerprint density at radius 3 is 2.68 bits per heavy atom. The number of anilines is 1. The summed E-state index contributed by atoms with van der Waals surface area (Å²) >= 11 is 0. The molecule has 1 amide bonds. The largest absolute Gasteiger partial charge is 0.449 e. The zero-order chi connectivity index (χ0) is 22.4. The number of piperidine rings is 1. The lowest BCUT2D eigenvalue weighted by molar-refractivity contribution is -0.384. The molecule has 8 nitrogen and oxygen atoms in total. The van der Waals surface area contributed by atoms with Crippen LogP contribution in [0.1, 0.15) is 42.6 Å². The van der Waals surface area contributed by atoms with Gasteiger partial charge in [-0.15, -0.1) is 0 Å². The van der Waals surface area contributed by atoms with Crippen LogP contribution in [-0.2, 0) is 16.1 Å². The number of nitrogens with zero attached hydrogens (tertiary/aromatic N) is 2. The van der Waals surface area contributed by atoms with Gasteiger partial charge in [0.2, 0.25) is 0 Å². The molecule has 1 saturated heterocycles. The monoisotopic (exact) mass is 425 g/mol. The fraction of sp³-hybridized carbons (Fsp3) is 0.391. The van der Waals surface area contributed by atoms with Crippen molar-refractivity contribution in [2.24, 2.45) is 5.92 Å². The van der Waals surface area contributed by atoms with Gasteiger partial charge < -0.3 is 15.0 Å². The lowest BCUT2D eigenvalue weighted by Crippen LogP contribution is -2.35. The van der Waals surface area contributed by atoms with E-state index in [9.17, 15) is 19.7 Å². The normalized spacial score (nSPS) is 17.0. The van der Waals surface area contributed by atoms with Gasteiger partial charge in [-0.1, -0.05) is 37.3 Å². The molecule has 164 valence electrons. The van der Waals surface area contributed by atoms with Crippen LogP contribution in [0.3, 0.4) is 0 Å². The number of rotatable bonds is 7. The summed E-state index contributed by atoms with van der Waals surface area (Å²) in [6, 6.07) is 13.7. The predicted octanol–water partition coefficient (Wildman–Crippen LogP) is 3.69. The fourth-order valence-electron chi connectivity index (χ4n) is 3.68. The number of esters is 1. The van der Waals surface area contributed by atoms with E-state index in [2.05, 4.69) is 12.2 Å². The second kappa shape index (κ2) is 10.1. The topological polar surface area (TPSA) is 102 Å². The first kappa shape index (κ1) is 22.3. The van der Waals surface area contributed by atoms with Crippen LogP contribution in [0.5, 0.6) is 0 Å². The highest BCUT2D eigenvalue weighted by Gasteiger charge is 2.26. The molecule has 0 aliphatic carbocycles. The molecule has 8 heteroatoms. The van der Waals surface area contributed by atoms with E-state index in [1.54, 1.807) is 6.07 Å². The van der Waals surface area contributed by atoms with Gasteiger partial charge >= 0.3 is 5.97 Å². The third-order valence-electron chi connectivity index (χ3n) is 5.37. The van der Waals surface area contributed by atoms with Crippen LogP contribution in [0.15, 0.2) is 48.5 Å². The number of carbonyl (C=O) groups is 2. The van der Waals surface area contributed by atoms with Crippen LogP contribution in [-0.4, -0.2) is 36.0 Å². The summed E-state index contributed by atoms with van der Waals surface area (Å²) in [6.07, 6.45) is 1.04. The van der Waals surface area contributed by atoms with E-state index in [0.29, 0.717) is 18.2 Å². The Morgan fingerprint density at radius 2 is 2.00 bits per heavy atom. The average molecular weight is 425 g/mol. The molecule has 1 aliphatic rings. The van der Waals surface area contributed by atoms with Gasteiger partial charge in [-0.2, -0.15) is 0 Å².